The second kappa shape index (κ2) is 7.47. The van der Waals surface area contributed by atoms with E-state index in [0.717, 1.165) is 36.5 Å². The number of aliphatic hydroxyl groups is 1. The van der Waals surface area contributed by atoms with Gasteiger partial charge >= 0.3 is 7.12 Å². The molecular weight excluding hydrogens is 383 g/mol. The van der Waals surface area contributed by atoms with Crippen molar-refractivity contribution in [2.24, 2.45) is 34.5 Å². The van der Waals surface area contributed by atoms with Crippen LogP contribution in [0.5, 0.6) is 0 Å². The van der Waals surface area contributed by atoms with Crippen LogP contribution in [0.1, 0.15) is 111 Å². The van der Waals surface area contributed by atoms with Gasteiger partial charge < -0.3 is 14.4 Å². The van der Waals surface area contributed by atoms with Gasteiger partial charge in [-0.15, -0.1) is 0 Å². The molecule has 6 rings (SSSR count). The minimum Gasteiger partial charge on any atom is -0.405 e. The van der Waals surface area contributed by atoms with Crippen molar-refractivity contribution >= 4 is 7.12 Å². The van der Waals surface area contributed by atoms with Gasteiger partial charge in [0.15, 0.2) is 0 Å². The lowest BCUT2D eigenvalue weighted by Crippen LogP contribution is -2.59. The zero-order valence-electron chi connectivity index (χ0n) is 20.3. The number of rotatable bonds is 1. The smallest absolute Gasteiger partial charge is 0.405 e. The summed E-state index contributed by atoms with van der Waals surface area (Å²) in [6.45, 7) is 7.54. The highest BCUT2D eigenvalue weighted by atomic mass is 16.7. The first-order chi connectivity index (χ1) is 14.9. The van der Waals surface area contributed by atoms with Crippen molar-refractivity contribution in [1.82, 2.24) is 0 Å². The Labute approximate surface area is 190 Å². The summed E-state index contributed by atoms with van der Waals surface area (Å²) in [5.74, 6) is 3.89. The van der Waals surface area contributed by atoms with Crippen molar-refractivity contribution in [3.05, 3.63) is 0 Å². The molecule has 1 saturated heterocycles. The molecule has 9 atom stereocenters. The van der Waals surface area contributed by atoms with E-state index in [1.807, 2.05) is 0 Å². The fourth-order valence-corrected chi connectivity index (χ4v) is 10.4. The van der Waals surface area contributed by atoms with E-state index in [1.54, 1.807) is 0 Å². The van der Waals surface area contributed by atoms with Gasteiger partial charge in [0.2, 0.25) is 0 Å². The Kier molecular flexibility index (Phi) is 5.18. The van der Waals surface area contributed by atoms with Crippen molar-refractivity contribution in [2.45, 2.75) is 134 Å². The molecule has 0 aromatic carbocycles. The first-order valence-electron chi connectivity index (χ1n) is 13.9. The van der Waals surface area contributed by atoms with Crippen molar-refractivity contribution in [3.63, 3.8) is 0 Å². The molecular formula is C27H45BO3. The molecule has 3 nitrogen and oxygen atoms in total. The summed E-state index contributed by atoms with van der Waals surface area (Å²) in [5.41, 5.74) is 0.683. The Balaban J connectivity index is 1.25. The Hall–Kier alpha value is -0.0551. The predicted molar refractivity (Wildman–Crippen MR) is 125 cm³/mol. The average molecular weight is 428 g/mol. The van der Waals surface area contributed by atoms with E-state index in [9.17, 15) is 5.11 Å². The molecule has 31 heavy (non-hydrogen) atoms. The molecule has 1 heterocycles. The topological polar surface area (TPSA) is 38.7 Å². The van der Waals surface area contributed by atoms with E-state index in [2.05, 4.69) is 20.8 Å². The highest BCUT2D eigenvalue weighted by Crippen LogP contribution is 2.70. The minimum atomic E-state index is -0.0503. The van der Waals surface area contributed by atoms with Crippen molar-refractivity contribution in [2.75, 3.05) is 0 Å². The van der Waals surface area contributed by atoms with Crippen molar-refractivity contribution in [3.8, 4) is 0 Å². The second-order valence-corrected chi connectivity index (χ2v) is 13.1. The van der Waals surface area contributed by atoms with E-state index < -0.39 is 0 Å². The normalized spacial score (nSPS) is 55.2. The zero-order valence-corrected chi connectivity index (χ0v) is 20.3. The quantitative estimate of drug-likeness (QED) is 0.492. The summed E-state index contributed by atoms with van der Waals surface area (Å²) in [4.78, 5) is 0. The predicted octanol–water partition coefficient (Wildman–Crippen LogP) is 6.39. The van der Waals surface area contributed by atoms with Crippen LogP contribution in [-0.2, 0) is 9.31 Å². The molecule has 0 bridgehead atoms. The maximum absolute atomic E-state index is 10.3. The summed E-state index contributed by atoms with van der Waals surface area (Å²) in [6.07, 6.45) is 18.2. The summed E-state index contributed by atoms with van der Waals surface area (Å²) >= 11 is 0. The third kappa shape index (κ3) is 2.96. The maximum atomic E-state index is 10.3. The van der Waals surface area contributed by atoms with Crippen LogP contribution >= 0.6 is 0 Å². The molecule has 0 amide bonds. The summed E-state index contributed by atoms with van der Waals surface area (Å²) in [6, 6.07) is 0. The summed E-state index contributed by atoms with van der Waals surface area (Å²) in [7, 11) is 0.0525. The largest absolute Gasteiger partial charge is 0.460 e. The first kappa shape index (κ1) is 21.5. The monoisotopic (exact) mass is 428 g/mol. The minimum absolute atomic E-state index is 0.0418. The van der Waals surface area contributed by atoms with Gasteiger partial charge in [0.05, 0.1) is 17.8 Å². The van der Waals surface area contributed by atoms with E-state index >= 15 is 0 Å². The lowest BCUT2D eigenvalue weighted by Gasteiger charge is -2.62. The average Bonchev–Trinajstić information content (AvgIpc) is 3.27. The summed E-state index contributed by atoms with van der Waals surface area (Å²) < 4.78 is 13.8. The van der Waals surface area contributed by atoms with Crippen LogP contribution in [0, 0.1) is 34.5 Å². The molecule has 0 radical (unpaired) electrons. The number of hydrogen-bond acceptors (Lipinski definition) is 3. The highest BCUT2D eigenvalue weighted by molar-refractivity contribution is 6.47. The van der Waals surface area contributed by atoms with Gasteiger partial charge in [0, 0.05) is 5.41 Å². The Morgan fingerprint density at radius 3 is 2.42 bits per heavy atom. The van der Waals surface area contributed by atoms with Crippen LogP contribution in [-0.4, -0.2) is 30.0 Å². The molecule has 0 aromatic rings. The van der Waals surface area contributed by atoms with Crippen LogP contribution in [0.3, 0.4) is 0 Å². The zero-order chi connectivity index (χ0) is 21.4. The summed E-state index contributed by atoms with van der Waals surface area (Å²) in [5, 5.41) is 10.3. The lowest BCUT2D eigenvalue weighted by molar-refractivity contribution is -0.155. The Morgan fingerprint density at radius 2 is 1.61 bits per heavy atom. The Morgan fingerprint density at radius 1 is 0.839 bits per heavy atom. The molecule has 4 heteroatoms. The van der Waals surface area contributed by atoms with Crippen LogP contribution in [0.2, 0.25) is 5.82 Å². The standard InChI is InChI=1S/C27H45BO3/c1-18-27(31-28(30-18)20-7-5-4-6-8-20)16-13-24-22-10-9-19-17-21(29)11-14-25(19,2)23(22)12-15-26(24,27)3/h18-24,29H,4-17H2,1-3H3/t18-,19+,21+,22+,23-,24-,25-,26-,27-/m0/s1. The number of fused-ring (bicyclic) bond motifs is 6. The van der Waals surface area contributed by atoms with Gasteiger partial charge in [-0.1, -0.05) is 46.0 Å². The van der Waals surface area contributed by atoms with E-state index in [-0.39, 0.29) is 30.3 Å². The lowest BCUT2D eigenvalue weighted by atomic mass is 9.44. The third-order valence-corrected chi connectivity index (χ3v) is 12.2. The van der Waals surface area contributed by atoms with E-state index in [0.29, 0.717) is 11.2 Å². The number of aliphatic hydroxyl groups excluding tert-OH is 1. The number of hydrogen-bond donors (Lipinski definition) is 1. The van der Waals surface area contributed by atoms with Crippen molar-refractivity contribution in [1.29, 1.82) is 0 Å². The SMILES string of the molecule is C[C@@H]1OB(C2CCCCC2)O[C@@]12CC[C@H]1[C@@H]3CC[C@@H]4C[C@H](O)CC[C@]4(C)[C@H]3CC[C@@]12C. The van der Waals surface area contributed by atoms with Gasteiger partial charge in [-0.25, -0.2) is 0 Å². The molecule has 174 valence electrons. The van der Waals surface area contributed by atoms with Crippen LogP contribution < -0.4 is 0 Å². The van der Waals surface area contributed by atoms with Gasteiger partial charge in [0.1, 0.15) is 0 Å². The third-order valence-electron chi connectivity index (χ3n) is 12.2. The molecule has 0 unspecified atom stereocenters. The van der Waals surface area contributed by atoms with Gasteiger partial charge in [-0.3, -0.25) is 0 Å². The molecule has 6 aliphatic rings. The molecule has 5 aliphatic carbocycles. The fourth-order valence-electron chi connectivity index (χ4n) is 10.4. The molecule has 0 aromatic heterocycles. The second-order valence-electron chi connectivity index (χ2n) is 13.1. The van der Waals surface area contributed by atoms with Crippen LogP contribution in [0.15, 0.2) is 0 Å². The van der Waals surface area contributed by atoms with Crippen LogP contribution in [0.25, 0.3) is 0 Å². The maximum Gasteiger partial charge on any atom is 0.460 e. The van der Waals surface area contributed by atoms with E-state index in [1.165, 1.54) is 77.0 Å². The molecule has 6 fully saturated rings. The molecule has 5 saturated carbocycles. The van der Waals surface area contributed by atoms with Gasteiger partial charge in [0.25, 0.3) is 0 Å². The molecule has 1 spiro atoms. The Bertz CT molecular complexity index is 694. The molecule has 1 N–H and O–H groups in total. The van der Waals surface area contributed by atoms with Crippen molar-refractivity contribution < 1.29 is 14.4 Å². The molecule has 1 aliphatic heterocycles. The highest BCUT2D eigenvalue weighted by Gasteiger charge is 2.70. The van der Waals surface area contributed by atoms with Crippen LogP contribution in [0.4, 0.5) is 0 Å². The van der Waals surface area contributed by atoms with Gasteiger partial charge in [-0.05, 0) is 99.6 Å². The fraction of sp³-hybridized carbons (Fsp3) is 1.00. The van der Waals surface area contributed by atoms with Gasteiger partial charge in [-0.2, -0.15) is 0 Å². The first-order valence-corrected chi connectivity index (χ1v) is 13.9. The van der Waals surface area contributed by atoms with E-state index in [4.69, 9.17) is 9.31 Å².